The Bertz CT molecular complexity index is 556. The zero-order chi connectivity index (χ0) is 11.5. The van der Waals surface area contributed by atoms with Gasteiger partial charge in [0.25, 0.3) is 0 Å². The average molecular weight is 249 g/mol. The van der Waals surface area contributed by atoms with E-state index < -0.39 is 0 Å². The highest BCUT2D eigenvalue weighted by molar-refractivity contribution is 6.42. The highest BCUT2D eigenvalue weighted by Crippen LogP contribution is 2.28. The van der Waals surface area contributed by atoms with Crippen LogP contribution in [0.15, 0.2) is 36.5 Å². The van der Waals surface area contributed by atoms with Gasteiger partial charge in [0.05, 0.1) is 10.0 Å². The molecule has 0 aliphatic carbocycles. The van der Waals surface area contributed by atoms with Crippen LogP contribution in [-0.2, 0) is 0 Å². The van der Waals surface area contributed by atoms with Crippen LogP contribution in [0.4, 0.5) is 0 Å². The number of hydrogen-bond donors (Lipinski definition) is 0. The molecule has 2 rings (SSSR count). The minimum atomic E-state index is 0.392. The van der Waals surface area contributed by atoms with E-state index in [9.17, 15) is 0 Å². The zero-order valence-corrected chi connectivity index (χ0v) is 9.63. The van der Waals surface area contributed by atoms with Gasteiger partial charge < -0.3 is 0 Å². The van der Waals surface area contributed by atoms with Crippen molar-refractivity contribution in [3.63, 3.8) is 0 Å². The molecular weight excluding hydrogens is 243 g/mol. The summed E-state index contributed by atoms with van der Waals surface area (Å²) in [6.07, 6.45) is 1.64. The van der Waals surface area contributed by atoms with Gasteiger partial charge in [-0.1, -0.05) is 29.3 Å². The molecule has 0 N–H and O–H groups in total. The van der Waals surface area contributed by atoms with Crippen molar-refractivity contribution in [2.75, 3.05) is 0 Å². The van der Waals surface area contributed by atoms with E-state index >= 15 is 0 Å². The zero-order valence-electron chi connectivity index (χ0n) is 8.11. The Hall–Kier alpha value is -1.56. The summed E-state index contributed by atoms with van der Waals surface area (Å²) in [4.78, 5) is 3.99. The third-order valence-electron chi connectivity index (χ3n) is 2.13. The average Bonchev–Trinajstić information content (AvgIpc) is 2.33. The lowest BCUT2D eigenvalue weighted by Gasteiger charge is -2.02. The molecular formula is C12H6Cl2N2. The molecule has 2 aromatic rings. The van der Waals surface area contributed by atoms with Crippen LogP contribution in [0, 0.1) is 11.3 Å². The molecule has 0 bridgehead atoms. The smallest absolute Gasteiger partial charge is 0.140 e. The Morgan fingerprint density at radius 2 is 1.75 bits per heavy atom. The van der Waals surface area contributed by atoms with Gasteiger partial charge in [0.2, 0.25) is 0 Å². The largest absolute Gasteiger partial charge is 0.245 e. The van der Waals surface area contributed by atoms with Gasteiger partial charge in [-0.3, -0.25) is 0 Å². The Kier molecular flexibility index (Phi) is 3.09. The van der Waals surface area contributed by atoms with E-state index in [1.165, 1.54) is 0 Å². The number of rotatable bonds is 1. The van der Waals surface area contributed by atoms with Crippen LogP contribution >= 0.6 is 23.2 Å². The number of benzene rings is 1. The van der Waals surface area contributed by atoms with Crippen molar-refractivity contribution in [2.24, 2.45) is 0 Å². The van der Waals surface area contributed by atoms with E-state index in [1.54, 1.807) is 24.4 Å². The molecule has 0 saturated heterocycles. The van der Waals surface area contributed by atoms with Crippen LogP contribution in [0.3, 0.4) is 0 Å². The molecule has 1 aromatic carbocycles. The molecule has 1 heterocycles. The highest BCUT2D eigenvalue weighted by atomic mass is 35.5. The summed E-state index contributed by atoms with van der Waals surface area (Å²) < 4.78 is 0. The summed E-state index contributed by atoms with van der Waals surface area (Å²) in [6.45, 7) is 0. The first-order chi connectivity index (χ1) is 7.70. The summed E-state index contributed by atoms with van der Waals surface area (Å²) in [5.74, 6) is 0. The first kappa shape index (κ1) is 10.9. The number of hydrogen-bond acceptors (Lipinski definition) is 2. The van der Waals surface area contributed by atoms with E-state index in [0.29, 0.717) is 15.7 Å². The number of nitrogens with zero attached hydrogens (tertiary/aromatic N) is 2. The number of halogens is 2. The van der Waals surface area contributed by atoms with Crippen LogP contribution < -0.4 is 0 Å². The van der Waals surface area contributed by atoms with Crippen LogP contribution in [0.5, 0.6) is 0 Å². The maximum absolute atomic E-state index is 8.63. The van der Waals surface area contributed by atoms with E-state index in [0.717, 1.165) is 11.1 Å². The fourth-order valence-corrected chi connectivity index (χ4v) is 1.60. The molecule has 0 atom stereocenters. The Morgan fingerprint density at radius 3 is 2.31 bits per heavy atom. The standard InChI is InChI=1S/C12H6Cl2N2/c13-11-4-2-8(5-12(11)14)9-1-3-10(6-15)16-7-9/h1-5,7H. The highest BCUT2D eigenvalue weighted by Gasteiger charge is 2.02. The first-order valence-electron chi connectivity index (χ1n) is 4.52. The summed E-state index contributed by atoms with van der Waals surface area (Å²) in [5, 5.41) is 9.65. The molecule has 0 spiro atoms. The number of pyridine rings is 1. The van der Waals surface area contributed by atoms with Crippen LogP contribution in [-0.4, -0.2) is 4.98 Å². The fourth-order valence-electron chi connectivity index (χ4n) is 1.31. The molecule has 2 nitrogen and oxygen atoms in total. The summed E-state index contributed by atoms with van der Waals surface area (Å²) in [6, 6.07) is 10.8. The molecule has 4 heteroatoms. The summed E-state index contributed by atoms with van der Waals surface area (Å²) in [5.41, 5.74) is 2.22. The van der Waals surface area contributed by atoms with E-state index in [-0.39, 0.29) is 0 Å². The SMILES string of the molecule is N#Cc1ccc(-c2ccc(Cl)c(Cl)c2)cn1. The minimum Gasteiger partial charge on any atom is -0.245 e. The van der Waals surface area contributed by atoms with Crippen LogP contribution in [0.1, 0.15) is 5.69 Å². The second-order valence-electron chi connectivity index (χ2n) is 3.17. The van der Waals surface area contributed by atoms with Gasteiger partial charge in [0, 0.05) is 11.8 Å². The van der Waals surface area contributed by atoms with Gasteiger partial charge >= 0.3 is 0 Å². The molecule has 0 radical (unpaired) electrons. The van der Waals surface area contributed by atoms with Gasteiger partial charge in [0.1, 0.15) is 11.8 Å². The first-order valence-corrected chi connectivity index (χ1v) is 5.28. The van der Waals surface area contributed by atoms with Crippen molar-refractivity contribution in [1.82, 2.24) is 4.98 Å². The third-order valence-corrected chi connectivity index (χ3v) is 2.87. The van der Waals surface area contributed by atoms with E-state index in [2.05, 4.69) is 4.98 Å². The summed E-state index contributed by atoms with van der Waals surface area (Å²) in [7, 11) is 0. The molecule has 0 aliphatic heterocycles. The number of nitriles is 1. The van der Waals surface area contributed by atoms with Crippen LogP contribution in [0.25, 0.3) is 11.1 Å². The van der Waals surface area contributed by atoms with Crippen molar-refractivity contribution < 1.29 is 0 Å². The topological polar surface area (TPSA) is 36.7 Å². The van der Waals surface area contributed by atoms with Crippen molar-refractivity contribution >= 4 is 23.2 Å². The normalized spacial score (nSPS) is 9.81. The fraction of sp³-hybridized carbons (Fsp3) is 0. The third kappa shape index (κ3) is 2.16. The quantitative estimate of drug-likeness (QED) is 0.767. The van der Waals surface area contributed by atoms with Crippen molar-refractivity contribution in [3.8, 4) is 17.2 Å². The molecule has 16 heavy (non-hydrogen) atoms. The summed E-state index contributed by atoms with van der Waals surface area (Å²) >= 11 is 11.7. The minimum absolute atomic E-state index is 0.392. The molecule has 78 valence electrons. The van der Waals surface area contributed by atoms with Crippen LogP contribution in [0.2, 0.25) is 10.0 Å². The predicted molar refractivity (Wildman–Crippen MR) is 64.4 cm³/mol. The predicted octanol–water partition coefficient (Wildman–Crippen LogP) is 3.93. The maximum Gasteiger partial charge on any atom is 0.140 e. The van der Waals surface area contributed by atoms with E-state index in [1.807, 2.05) is 18.2 Å². The second kappa shape index (κ2) is 4.52. The van der Waals surface area contributed by atoms with Gasteiger partial charge in [0.15, 0.2) is 0 Å². The Labute approximate surface area is 103 Å². The lowest BCUT2D eigenvalue weighted by molar-refractivity contribution is 1.26. The Balaban J connectivity index is 2.43. The van der Waals surface area contributed by atoms with E-state index in [4.69, 9.17) is 28.5 Å². The second-order valence-corrected chi connectivity index (χ2v) is 3.99. The Morgan fingerprint density at radius 1 is 1.00 bits per heavy atom. The van der Waals surface area contributed by atoms with Gasteiger partial charge in [-0.25, -0.2) is 4.98 Å². The lowest BCUT2D eigenvalue weighted by atomic mass is 10.1. The molecule has 0 saturated carbocycles. The maximum atomic E-state index is 8.63. The molecule has 0 aliphatic rings. The lowest BCUT2D eigenvalue weighted by Crippen LogP contribution is -1.84. The number of aromatic nitrogens is 1. The molecule has 0 amide bonds. The van der Waals surface area contributed by atoms with Gasteiger partial charge in [-0.05, 0) is 29.8 Å². The molecule has 0 fully saturated rings. The monoisotopic (exact) mass is 248 g/mol. The van der Waals surface area contributed by atoms with Crippen molar-refractivity contribution in [2.45, 2.75) is 0 Å². The molecule has 0 unspecified atom stereocenters. The van der Waals surface area contributed by atoms with Crippen molar-refractivity contribution in [1.29, 1.82) is 5.26 Å². The van der Waals surface area contributed by atoms with Gasteiger partial charge in [-0.2, -0.15) is 5.26 Å². The molecule has 1 aromatic heterocycles. The van der Waals surface area contributed by atoms with Crippen molar-refractivity contribution in [3.05, 3.63) is 52.3 Å². The van der Waals surface area contributed by atoms with Gasteiger partial charge in [-0.15, -0.1) is 0 Å².